The van der Waals surface area contributed by atoms with Crippen molar-refractivity contribution in [3.8, 4) is 0 Å². The lowest BCUT2D eigenvalue weighted by Gasteiger charge is -2.63. The minimum Gasteiger partial charge on any atom is -0.463 e. The van der Waals surface area contributed by atoms with Crippen molar-refractivity contribution in [3.05, 3.63) is 11.6 Å². The number of hydrogen-bond donors (Lipinski definition) is 1. The van der Waals surface area contributed by atoms with Gasteiger partial charge in [-0.15, -0.1) is 0 Å². The van der Waals surface area contributed by atoms with E-state index in [-0.39, 0.29) is 11.4 Å². The molecule has 4 atom stereocenters. The molecule has 0 aliphatic heterocycles. The second-order valence-corrected chi connectivity index (χ2v) is 9.37. The first-order valence-electron chi connectivity index (χ1n) is 9.80. The monoisotopic (exact) mass is 334 g/mol. The highest BCUT2D eigenvalue weighted by molar-refractivity contribution is 5.82. The largest absolute Gasteiger partial charge is 0.463 e. The summed E-state index contributed by atoms with van der Waals surface area (Å²) in [6.45, 7) is 9.52. The van der Waals surface area contributed by atoms with E-state index in [4.69, 9.17) is 4.74 Å². The lowest BCUT2D eigenvalue weighted by Crippen LogP contribution is -2.59. The van der Waals surface area contributed by atoms with Crippen LogP contribution in [0, 0.1) is 22.7 Å². The van der Waals surface area contributed by atoms with Crippen LogP contribution in [0.5, 0.6) is 0 Å². The third-order valence-corrected chi connectivity index (χ3v) is 7.48. The molecule has 0 aromatic heterocycles. The first kappa shape index (κ1) is 18.0. The summed E-state index contributed by atoms with van der Waals surface area (Å²) in [5.41, 5.74) is 1.07. The number of fused-ring (bicyclic) bond motifs is 3. The molecule has 136 valence electrons. The summed E-state index contributed by atoms with van der Waals surface area (Å²) >= 11 is 0. The van der Waals surface area contributed by atoms with Gasteiger partial charge in [-0.05, 0) is 74.5 Å². The van der Waals surface area contributed by atoms with Crippen LogP contribution >= 0.6 is 0 Å². The van der Waals surface area contributed by atoms with Crippen molar-refractivity contribution in [2.24, 2.45) is 22.7 Å². The molecule has 0 bridgehead atoms. The van der Waals surface area contributed by atoms with E-state index in [9.17, 15) is 9.90 Å². The maximum Gasteiger partial charge on any atom is 0.330 e. The summed E-state index contributed by atoms with van der Waals surface area (Å²) < 4.78 is 5.05. The van der Waals surface area contributed by atoms with Gasteiger partial charge in [0.2, 0.25) is 0 Å². The molecule has 3 saturated carbocycles. The van der Waals surface area contributed by atoms with E-state index in [1.165, 1.54) is 19.3 Å². The molecule has 3 rings (SSSR count). The Hall–Kier alpha value is -0.830. The first-order valence-corrected chi connectivity index (χ1v) is 9.80. The third-order valence-electron chi connectivity index (χ3n) is 7.48. The van der Waals surface area contributed by atoms with E-state index in [2.05, 4.69) is 20.8 Å². The fourth-order valence-electron chi connectivity index (χ4n) is 6.58. The zero-order valence-corrected chi connectivity index (χ0v) is 15.9. The predicted molar refractivity (Wildman–Crippen MR) is 95.5 cm³/mol. The van der Waals surface area contributed by atoms with E-state index in [0.29, 0.717) is 30.3 Å². The standard InChI is InChI=1S/C21H34O3/c1-5-24-18(22)13-15-7-8-17-20(4)11-6-10-19(2,3)16(20)9-12-21(17,23)14-15/h13,16-17,23H,5-12,14H2,1-4H3/b15-13+/t16?,17-,20+,21-/m1/s1. The smallest absolute Gasteiger partial charge is 0.330 e. The normalized spacial score (nSPS) is 43.0. The predicted octanol–water partition coefficient (Wildman–Crippen LogP) is 4.63. The molecular formula is C21H34O3. The summed E-state index contributed by atoms with van der Waals surface area (Å²) in [6.07, 6.45) is 10.0. The second-order valence-electron chi connectivity index (χ2n) is 9.37. The molecule has 0 aromatic rings. The Morgan fingerprint density at radius 1 is 1.21 bits per heavy atom. The third kappa shape index (κ3) is 2.94. The molecule has 0 amide bonds. The van der Waals surface area contributed by atoms with Gasteiger partial charge < -0.3 is 9.84 Å². The van der Waals surface area contributed by atoms with Gasteiger partial charge in [0.25, 0.3) is 0 Å². The van der Waals surface area contributed by atoms with Gasteiger partial charge in [0.05, 0.1) is 12.2 Å². The molecule has 3 aliphatic carbocycles. The Labute approximate surface area is 146 Å². The number of rotatable bonds is 2. The Balaban J connectivity index is 1.83. The number of hydrogen-bond acceptors (Lipinski definition) is 3. The Kier molecular flexibility index (Phi) is 4.61. The van der Waals surface area contributed by atoms with Crippen molar-refractivity contribution in [1.29, 1.82) is 0 Å². The zero-order valence-electron chi connectivity index (χ0n) is 15.9. The molecule has 0 heterocycles. The highest BCUT2D eigenvalue weighted by atomic mass is 16.5. The number of esters is 1. The minimum atomic E-state index is -0.630. The molecule has 3 nitrogen and oxygen atoms in total. The van der Waals surface area contributed by atoms with Crippen LogP contribution in [0.15, 0.2) is 11.6 Å². The van der Waals surface area contributed by atoms with E-state index in [0.717, 1.165) is 31.3 Å². The molecule has 0 saturated heterocycles. The Morgan fingerprint density at radius 2 is 1.96 bits per heavy atom. The van der Waals surface area contributed by atoms with Crippen LogP contribution in [0.1, 0.15) is 79.1 Å². The van der Waals surface area contributed by atoms with Gasteiger partial charge in [-0.1, -0.05) is 32.8 Å². The van der Waals surface area contributed by atoms with Gasteiger partial charge in [0, 0.05) is 6.08 Å². The van der Waals surface area contributed by atoms with Gasteiger partial charge in [0.1, 0.15) is 0 Å². The molecule has 1 N–H and O–H groups in total. The van der Waals surface area contributed by atoms with E-state index >= 15 is 0 Å². The molecule has 1 unspecified atom stereocenters. The minimum absolute atomic E-state index is 0.240. The van der Waals surface area contributed by atoms with E-state index in [1.807, 2.05) is 6.92 Å². The fourth-order valence-corrected chi connectivity index (χ4v) is 6.58. The highest BCUT2D eigenvalue weighted by Gasteiger charge is 2.60. The summed E-state index contributed by atoms with van der Waals surface area (Å²) in [5, 5.41) is 11.5. The van der Waals surface area contributed by atoms with Gasteiger partial charge in [0.15, 0.2) is 0 Å². The molecule has 3 fully saturated rings. The molecule has 24 heavy (non-hydrogen) atoms. The van der Waals surface area contributed by atoms with Crippen LogP contribution in [-0.2, 0) is 9.53 Å². The summed E-state index contributed by atoms with van der Waals surface area (Å²) in [4.78, 5) is 11.8. The fraction of sp³-hybridized carbons (Fsp3) is 0.857. The van der Waals surface area contributed by atoms with Crippen LogP contribution in [0.25, 0.3) is 0 Å². The Bertz CT molecular complexity index is 535. The average molecular weight is 335 g/mol. The number of carbonyl (C=O) groups excluding carboxylic acids is 1. The summed E-state index contributed by atoms with van der Waals surface area (Å²) in [5.74, 6) is 0.815. The SMILES string of the molecule is CCOC(=O)/C=C1\CC[C@H]2[C@@](O)(CCC3C(C)(C)CCC[C@@]32C)C1. The van der Waals surface area contributed by atoms with Crippen molar-refractivity contribution in [3.63, 3.8) is 0 Å². The van der Waals surface area contributed by atoms with Crippen LogP contribution in [-0.4, -0.2) is 23.3 Å². The van der Waals surface area contributed by atoms with Crippen LogP contribution in [0.4, 0.5) is 0 Å². The molecule has 3 aliphatic rings. The first-order chi connectivity index (χ1) is 11.2. The molecule has 3 heteroatoms. The second kappa shape index (κ2) is 6.16. The van der Waals surface area contributed by atoms with Crippen molar-refractivity contribution in [2.45, 2.75) is 84.7 Å². The number of carbonyl (C=O) groups is 1. The van der Waals surface area contributed by atoms with E-state index < -0.39 is 5.60 Å². The summed E-state index contributed by atoms with van der Waals surface area (Å²) in [7, 11) is 0. The van der Waals surface area contributed by atoms with Gasteiger partial charge in [-0.3, -0.25) is 0 Å². The molecule has 0 spiro atoms. The van der Waals surface area contributed by atoms with Crippen molar-refractivity contribution in [2.75, 3.05) is 6.61 Å². The van der Waals surface area contributed by atoms with E-state index in [1.54, 1.807) is 6.08 Å². The zero-order chi connectivity index (χ0) is 17.6. The van der Waals surface area contributed by atoms with Gasteiger partial charge in [-0.25, -0.2) is 4.79 Å². The highest BCUT2D eigenvalue weighted by Crippen LogP contribution is 2.65. The van der Waals surface area contributed by atoms with Crippen LogP contribution in [0.2, 0.25) is 0 Å². The van der Waals surface area contributed by atoms with Crippen LogP contribution in [0.3, 0.4) is 0 Å². The molecule has 0 aromatic carbocycles. The lowest BCUT2D eigenvalue weighted by atomic mass is 9.43. The lowest BCUT2D eigenvalue weighted by molar-refractivity contribution is -0.182. The molecule has 0 radical (unpaired) electrons. The number of aliphatic hydroxyl groups is 1. The quantitative estimate of drug-likeness (QED) is 0.591. The van der Waals surface area contributed by atoms with Crippen molar-refractivity contribution < 1.29 is 14.6 Å². The maximum atomic E-state index is 11.8. The molecular weight excluding hydrogens is 300 g/mol. The van der Waals surface area contributed by atoms with Crippen LogP contribution < -0.4 is 0 Å². The summed E-state index contributed by atoms with van der Waals surface area (Å²) in [6, 6.07) is 0. The van der Waals surface area contributed by atoms with Crippen molar-refractivity contribution in [1.82, 2.24) is 0 Å². The van der Waals surface area contributed by atoms with Crippen molar-refractivity contribution >= 4 is 5.97 Å². The Morgan fingerprint density at radius 3 is 2.67 bits per heavy atom. The van der Waals surface area contributed by atoms with Gasteiger partial charge >= 0.3 is 5.97 Å². The average Bonchev–Trinajstić information content (AvgIpc) is 2.45. The maximum absolute atomic E-state index is 11.8. The topological polar surface area (TPSA) is 46.5 Å². The number of ether oxygens (including phenoxy) is 1. The van der Waals surface area contributed by atoms with Gasteiger partial charge in [-0.2, -0.15) is 0 Å².